The molecule has 1 saturated heterocycles. The van der Waals surface area contributed by atoms with E-state index in [1.54, 1.807) is 4.68 Å². The zero-order valence-electron chi connectivity index (χ0n) is 16.8. The molecule has 1 aliphatic heterocycles. The molecule has 1 amide bonds. The number of nitrogens with zero attached hydrogens (tertiary/aromatic N) is 4. The van der Waals surface area contributed by atoms with Gasteiger partial charge in [0.1, 0.15) is 5.82 Å². The van der Waals surface area contributed by atoms with Crippen molar-refractivity contribution in [2.24, 2.45) is 0 Å². The maximum Gasteiger partial charge on any atom is 0.291 e. The Hall–Kier alpha value is -2.99. The van der Waals surface area contributed by atoms with E-state index in [-0.39, 0.29) is 17.8 Å². The minimum absolute atomic E-state index is 0.185. The van der Waals surface area contributed by atoms with Crippen molar-refractivity contribution in [1.29, 1.82) is 0 Å². The lowest BCUT2D eigenvalue weighted by Crippen LogP contribution is -2.43. The molecule has 0 aliphatic carbocycles. The van der Waals surface area contributed by atoms with Gasteiger partial charge < -0.3 is 10.2 Å². The summed E-state index contributed by atoms with van der Waals surface area (Å²) < 4.78 is 1.80. The Balaban J connectivity index is 1.53. The number of benzene rings is 2. The van der Waals surface area contributed by atoms with Crippen LogP contribution in [0.3, 0.4) is 0 Å². The van der Waals surface area contributed by atoms with Gasteiger partial charge in [-0.2, -0.15) is 0 Å². The molecule has 1 N–H and O–H groups in total. The molecule has 0 radical (unpaired) electrons. The lowest BCUT2D eigenvalue weighted by atomic mass is 10.1. The normalized spacial score (nSPS) is 15.3. The summed E-state index contributed by atoms with van der Waals surface area (Å²) in [5.74, 6) is 0.861. The Morgan fingerprint density at radius 3 is 2.34 bits per heavy atom. The second-order valence-electron chi connectivity index (χ2n) is 7.64. The van der Waals surface area contributed by atoms with E-state index in [9.17, 15) is 4.79 Å². The quantitative estimate of drug-likeness (QED) is 0.704. The van der Waals surface area contributed by atoms with Crippen LogP contribution in [0.1, 0.15) is 34.8 Å². The summed E-state index contributed by atoms with van der Waals surface area (Å²) in [6.07, 6.45) is 3.49. The van der Waals surface area contributed by atoms with E-state index in [4.69, 9.17) is 0 Å². The summed E-state index contributed by atoms with van der Waals surface area (Å²) in [5.41, 5.74) is 2.16. The van der Waals surface area contributed by atoms with E-state index in [1.165, 1.54) is 5.56 Å². The molecule has 150 valence electrons. The first-order valence-corrected chi connectivity index (χ1v) is 10.2. The van der Waals surface area contributed by atoms with Crippen LogP contribution in [0.25, 0.3) is 5.69 Å². The predicted octanol–water partition coefficient (Wildman–Crippen LogP) is 2.88. The molecule has 0 saturated carbocycles. The van der Waals surface area contributed by atoms with Gasteiger partial charge in [-0.15, -0.1) is 5.10 Å². The van der Waals surface area contributed by atoms with Gasteiger partial charge in [-0.1, -0.05) is 48.5 Å². The van der Waals surface area contributed by atoms with Gasteiger partial charge in [-0.05, 0) is 57.1 Å². The highest BCUT2D eigenvalue weighted by Gasteiger charge is 2.22. The summed E-state index contributed by atoms with van der Waals surface area (Å²) >= 11 is 0. The maximum atomic E-state index is 12.8. The number of hydrogen-bond donors (Lipinski definition) is 1. The van der Waals surface area contributed by atoms with Gasteiger partial charge in [0.15, 0.2) is 0 Å². The topological polar surface area (TPSA) is 63.1 Å². The van der Waals surface area contributed by atoms with Crippen molar-refractivity contribution in [3.05, 3.63) is 77.9 Å². The van der Waals surface area contributed by atoms with Crippen LogP contribution < -0.4 is 5.32 Å². The van der Waals surface area contributed by atoms with Crippen LogP contribution in [-0.2, 0) is 12.8 Å². The summed E-state index contributed by atoms with van der Waals surface area (Å²) in [4.78, 5) is 19.7. The smallest absolute Gasteiger partial charge is 0.291 e. The van der Waals surface area contributed by atoms with Crippen LogP contribution >= 0.6 is 0 Å². The molecular formula is C23H27N5O. The number of para-hydroxylation sites is 1. The standard InChI is InChI=1S/C23H27N5O/c1-27-16-14-19(15-17-27)24-23(29)22-25-21(13-12-18-8-4-2-5-9-18)28(26-22)20-10-6-3-7-11-20/h2-11,19H,12-17H2,1H3,(H,24,29). The summed E-state index contributed by atoms with van der Waals surface area (Å²) in [6, 6.07) is 20.4. The van der Waals surface area contributed by atoms with Gasteiger partial charge in [0, 0.05) is 12.5 Å². The van der Waals surface area contributed by atoms with Gasteiger partial charge in [0.25, 0.3) is 5.91 Å². The molecule has 1 aromatic heterocycles. The number of carbonyl (C=O) groups excluding carboxylic acids is 1. The first-order chi connectivity index (χ1) is 14.2. The van der Waals surface area contributed by atoms with Crippen LogP contribution in [0.5, 0.6) is 0 Å². The minimum Gasteiger partial charge on any atom is -0.346 e. The second kappa shape index (κ2) is 9.01. The average Bonchev–Trinajstić information content (AvgIpc) is 3.20. The van der Waals surface area contributed by atoms with E-state index in [1.807, 2.05) is 48.5 Å². The Morgan fingerprint density at radius 1 is 1.00 bits per heavy atom. The van der Waals surface area contributed by atoms with Crippen LogP contribution in [-0.4, -0.2) is 51.8 Å². The fourth-order valence-electron chi connectivity index (χ4n) is 3.68. The fourth-order valence-corrected chi connectivity index (χ4v) is 3.68. The molecule has 3 aromatic rings. The fraction of sp³-hybridized carbons (Fsp3) is 0.348. The highest BCUT2D eigenvalue weighted by molar-refractivity contribution is 5.90. The number of aryl methyl sites for hydroxylation is 2. The molecule has 0 unspecified atom stereocenters. The molecular weight excluding hydrogens is 362 g/mol. The highest BCUT2D eigenvalue weighted by Crippen LogP contribution is 2.14. The van der Waals surface area contributed by atoms with E-state index in [2.05, 4.69) is 39.5 Å². The van der Waals surface area contributed by atoms with Crippen LogP contribution in [0.4, 0.5) is 0 Å². The summed E-state index contributed by atoms with van der Waals surface area (Å²) in [7, 11) is 2.11. The third-order valence-electron chi connectivity index (χ3n) is 5.41. The Labute approximate surface area is 171 Å². The summed E-state index contributed by atoms with van der Waals surface area (Å²) in [6.45, 7) is 2.00. The number of carbonyl (C=O) groups is 1. The van der Waals surface area contributed by atoms with E-state index < -0.39 is 0 Å². The molecule has 6 nitrogen and oxygen atoms in total. The first-order valence-electron chi connectivity index (χ1n) is 10.2. The lowest BCUT2D eigenvalue weighted by Gasteiger charge is -2.29. The number of aromatic nitrogens is 3. The Morgan fingerprint density at radius 2 is 1.66 bits per heavy atom. The van der Waals surface area contributed by atoms with Crippen molar-refractivity contribution in [2.45, 2.75) is 31.7 Å². The largest absolute Gasteiger partial charge is 0.346 e. The number of nitrogens with one attached hydrogen (secondary N) is 1. The third kappa shape index (κ3) is 4.90. The molecule has 1 fully saturated rings. The van der Waals surface area contributed by atoms with Gasteiger partial charge >= 0.3 is 0 Å². The highest BCUT2D eigenvalue weighted by atomic mass is 16.2. The monoisotopic (exact) mass is 389 g/mol. The van der Waals surface area contributed by atoms with Gasteiger partial charge in [0.2, 0.25) is 5.82 Å². The zero-order valence-corrected chi connectivity index (χ0v) is 16.8. The molecule has 2 aromatic carbocycles. The molecule has 29 heavy (non-hydrogen) atoms. The first kappa shape index (κ1) is 19.3. The van der Waals surface area contributed by atoms with Crippen molar-refractivity contribution in [1.82, 2.24) is 25.0 Å². The van der Waals surface area contributed by atoms with E-state index >= 15 is 0 Å². The zero-order chi connectivity index (χ0) is 20.1. The number of amides is 1. The number of piperidine rings is 1. The molecule has 6 heteroatoms. The van der Waals surface area contributed by atoms with E-state index in [0.29, 0.717) is 6.42 Å². The number of likely N-dealkylation sites (tertiary alicyclic amines) is 1. The molecule has 0 atom stereocenters. The van der Waals surface area contributed by atoms with Gasteiger partial charge in [-0.3, -0.25) is 4.79 Å². The predicted molar refractivity (Wildman–Crippen MR) is 113 cm³/mol. The van der Waals surface area contributed by atoms with Crippen molar-refractivity contribution in [3.63, 3.8) is 0 Å². The van der Waals surface area contributed by atoms with Crippen molar-refractivity contribution in [3.8, 4) is 5.69 Å². The molecule has 2 heterocycles. The maximum absolute atomic E-state index is 12.8. The van der Waals surface area contributed by atoms with Crippen molar-refractivity contribution in [2.75, 3.05) is 20.1 Å². The summed E-state index contributed by atoms with van der Waals surface area (Å²) in [5, 5.41) is 7.67. The lowest BCUT2D eigenvalue weighted by molar-refractivity contribution is 0.0906. The Kier molecular flexibility index (Phi) is 6.00. The van der Waals surface area contributed by atoms with Gasteiger partial charge in [0.05, 0.1) is 5.69 Å². The number of rotatable bonds is 6. The average molecular weight is 390 g/mol. The molecule has 4 rings (SSSR count). The molecule has 0 spiro atoms. The Bertz CT molecular complexity index is 930. The van der Waals surface area contributed by atoms with E-state index in [0.717, 1.165) is 43.9 Å². The van der Waals surface area contributed by atoms with Crippen molar-refractivity contribution < 1.29 is 4.79 Å². The molecule has 0 bridgehead atoms. The van der Waals surface area contributed by atoms with Gasteiger partial charge in [-0.25, -0.2) is 9.67 Å². The minimum atomic E-state index is -0.185. The van der Waals surface area contributed by atoms with Crippen molar-refractivity contribution >= 4 is 5.91 Å². The van der Waals surface area contributed by atoms with Crippen LogP contribution in [0, 0.1) is 0 Å². The second-order valence-corrected chi connectivity index (χ2v) is 7.64. The number of hydrogen-bond acceptors (Lipinski definition) is 4. The van der Waals surface area contributed by atoms with Crippen LogP contribution in [0.2, 0.25) is 0 Å². The third-order valence-corrected chi connectivity index (χ3v) is 5.41. The van der Waals surface area contributed by atoms with Crippen LogP contribution in [0.15, 0.2) is 60.7 Å². The molecule has 1 aliphatic rings. The SMILES string of the molecule is CN1CCC(NC(=O)c2nc(CCc3ccccc3)n(-c3ccccc3)n2)CC1.